The van der Waals surface area contributed by atoms with Gasteiger partial charge in [0.2, 0.25) is 0 Å². The molecule has 1 fully saturated rings. The molecular formula is C29H28Cl2FN5O2. The van der Waals surface area contributed by atoms with E-state index in [0.29, 0.717) is 33.4 Å². The summed E-state index contributed by atoms with van der Waals surface area (Å²) in [5.41, 5.74) is 2.90. The van der Waals surface area contributed by atoms with Crippen molar-refractivity contribution in [1.82, 2.24) is 25.5 Å². The summed E-state index contributed by atoms with van der Waals surface area (Å²) < 4.78 is 21.0. The monoisotopic (exact) mass is 567 g/mol. The molecule has 0 aliphatic carbocycles. The van der Waals surface area contributed by atoms with E-state index in [9.17, 15) is 9.18 Å². The molecule has 4 unspecified atom stereocenters. The highest BCUT2D eigenvalue weighted by molar-refractivity contribution is 6.30. The van der Waals surface area contributed by atoms with E-state index in [1.807, 2.05) is 42.2 Å². The Bertz CT molecular complexity index is 1420. The van der Waals surface area contributed by atoms with E-state index in [1.165, 1.54) is 6.07 Å². The number of tetrazole rings is 1. The van der Waals surface area contributed by atoms with Gasteiger partial charge in [0.1, 0.15) is 18.0 Å². The number of halogens is 3. The predicted molar refractivity (Wildman–Crippen MR) is 147 cm³/mol. The van der Waals surface area contributed by atoms with Gasteiger partial charge < -0.3 is 9.64 Å². The number of hydrogen-bond donors (Lipinski definition) is 1. The van der Waals surface area contributed by atoms with Crippen LogP contribution in [-0.4, -0.2) is 37.5 Å². The Hall–Kier alpha value is -3.33. The van der Waals surface area contributed by atoms with Crippen molar-refractivity contribution >= 4 is 29.1 Å². The molecule has 0 radical (unpaired) electrons. The Morgan fingerprint density at radius 1 is 1.03 bits per heavy atom. The number of H-pyrrole nitrogens is 1. The summed E-state index contributed by atoms with van der Waals surface area (Å²) in [6.07, 6.45) is 0.149. The van der Waals surface area contributed by atoms with Gasteiger partial charge in [-0.1, -0.05) is 78.2 Å². The van der Waals surface area contributed by atoms with Gasteiger partial charge in [-0.25, -0.2) is 4.39 Å². The molecule has 1 N–H and O–H groups in total. The number of hydrogen-bond acceptors (Lipinski definition) is 5. The summed E-state index contributed by atoms with van der Waals surface area (Å²) in [7, 11) is 0. The number of aromatic nitrogens is 4. The zero-order valence-electron chi connectivity index (χ0n) is 21.5. The van der Waals surface area contributed by atoms with Crippen LogP contribution < -0.4 is 0 Å². The predicted octanol–water partition coefficient (Wildman–Crippen LogP) is 6.75. The minimum atomic E-state index is -0.873. The van der Waals surface area contributed by atoms with Crippen molar-refractivity contribution < 1.29 is 13.9 Å². The van der Waals surface area contributed by atoms with Crippen molar-refractivity contribution in [2.75, 3.05) is 0 Å². The first-order valence-electron chi connectivity index (χ1n) is 12.8. The molecule has 3 aromatic carbocycles. The van der Waals surface area contributed by atoms with Crippen LogP contribution in [0.25, 0.3) is 0 Å². The van der Waals surface area contributed by atoms with Crippen LogP contribution in [0.1, 0.15) is 66.0 Å². The van der Waals surface area contributed by atoms with Crippen molar-refractivity contribution in [2.24, 2.45) is 0 Å². The molecule has 1 aliphatic heterocycles. The minimum Gasteiger partial charge on any atom is -0.358 e. The summed E-state index contributed by atoms with van der Waals surface area (Å²) in [6.45, 7) is 3.75. The van der Waals surface area contributed by atoms with Crippen LogP contribution in [0.3, 0.4) is 0 Å². The normalized spacial score (nSPS) is 20.3. The molecule has 7 nitrogen and oxygen atoms in total. The number of morpholine rings is 1. The van der Waals surface area contributed by atoms with Gasteiger partial charge in [0.15, 0.2) is 5.82 Å². The molecule has 1 aliphatic rings. The first kappa shape index (κ1) is 27.2. The van der Waals surface area contributed by atoms with E-state index in [-0.39, 0.29) is 18.1 Å². The average molecular weight is 568 g/mol. The second-order valence-corrected chi connectivity index (χ2v) is 10.6. The van der Waals surface area contributed by atoms with Gasteiger partial charge in [0.25, 0.3) is 5.91 Å². The fourth-order valence-electron chi connectivity index (χ4n) is 5.10. The first-order valence-corrected chi connectivity index (χ1v) is 13.6. The van der Waals surface area contributed by atoms with Gasteiger partial charge >= 0.3 is 0 Å². The summed E-state index contributed by atoms with van der Waals surface area (Å²) in [6, 6.07) is 18.8. The zero-order valence-corrected chi connectivity index (χ0v) is 23.0. The van der Waals surface area contributed by atoms with Crippen LogP contribution in [0.15, 0.2) is 66.7 Å². The van der Waals surface area contributed by atoms with E-state index in [4.69, 9.17) is 27.9 Å². The summed E-state index contributed by atoms with van der Waals surface area (Å²) in [4.78, 5) is 16.2. The molecule has 202 valence electrons. The molecule has 0 bridgehead atoms. The number of ether oxygens (including phenoxy) is 1. The van der Waals surface area contributed by atoms with Gasteiger partial charge in [-0.2, -0.15) is 5.21 Å². The molecule has 39 heavy (non-hydrogen) atoms. The maximum absolute atomic E-state index is 14.4. The highest BCUT2D eigenvalue weighted by Gasteiger charge is 2.47. The molecule has 5 rings (SSSR count). The molecular weight excluding hydrogens is 540 g/mol. The molecule has 4 atom stereocenters. The average Bonchev–Trinajstić information content (AvgIpc) is 3.46. The van der Waals surface area contributed by atoms with Gasteiger partial charge in [0.05, 0.1) is 12.1 Å². The maximum atomic E-state index is 14.4. The Kier molecular flexibility index (Phi) is 8.26. The molecule has 10 heteroatoms. The lowest BCUT2D eigenvalue weighted by atomic mass is 9.88. The van der Waals surface area contributed by atoms with E-state index < -0.39 is 24.3 Å². The van der Waals surface area contributed by atoms with E-state index in [2.05, 4.69) is 20.6 Å². The first-order chi connectivity index (χ1) is 18.9. The van der Waals surface area contributed by atoms with Gasteiger partial charge in [-0.15, -0.1) is 10.2 Å². The fourth-order valence-corrected chi connectivity index (χ4v) is 5.36. The second-order valence-electron chi connectivity index (χ2n) is 9.70. The highest BCUT2D eigenvalue weighted by atomic mass is 35.5. The number of aryl methyl sites for hydroxylation is 1. The highest BCUT2D eigenvalue weighted by Crippen LogP contribution is 2.47. The summed E-state index contributed by atoms with van der Waals surface area (Å²) in [5.74, 6) is -0.137. The van der Waals surface area contributed by atoms with Crippen molar-refractivity contribution in [2.45, 2.75) is 57.4 Å². The third-order valence-electron chi connectivity index (χ3n) is 7.05. The van der Waals surface area contributed by atoms with Crippen molar-refractivity contribution in [1.29, 1.82) is 0 Å². The largest absolute Gasteiger partial charge is 0.358 e. The Morgan fingerprint density at radius 3 is 2.28 bits per heavy atom. The van der Waals surface area contributed by atoms with E-state index in [0.717, 1.165) is 17.5 Å². The smallest absolute Gasteiger partial charge is 0.253 e. The number of carbonyl (C=O) groups is 1. The van der Waals surface area contributed by atoms with Crippen LogP contribution in [-0.2, 0) is 16.0 Å². The van der Waals surface area contributed by atoms with Crippen LogP contribution in [0.2, 0.25) is 10.0 Å². The number of carbonyl (C=O) groups excluding carboxylic acids is 1. The fraction of sp³-hybridized carbons (Fsp3) is 0.310. The lowest BCUT2D eigenvalue weighted by Gasteiger charge is -2.47. The Balaban J connectivity index is 1.65. The van der Waals surface area contributed by atoms with Gasteiger partial charge in [-0.05, 0) is 65.9 Å². The minimum absolute atomic E-state index is 0.203. The second kappa shape index (κ2) is 11.8. The Labute approximate surface area is 236 Å². The van der Waals surface area contributed by atoms with Gasteiger partial charge in [0, 0.05) is 16.5 Å². The number of nitrogens with one attached hydrogen (secondary N) is 1. The van der Waals surface area contributed by atoms with Crippen molar-refractivity contribution in [3.63, 3.8) is 0 Å². The molecule has 2 heterocycles. The molecule has 1 saturated heterocycles. The molecule has 0 spiro atoms. The maximum Gasteiger partial charge on any atom is 0.253 e. The summed E-state index contributed by atoms with van der Waals surface area (Å²) >= 11 is 12.4. The molecule has 1 aromatic heterocycles. The number of benzene rings is 3. The quantitative estimate of drug-likeness (QED) is 0.254. The standard InChI is InChI=1S/C29H28Cl2FN5O2/c1-3-4-24(28-33-35-36-34-28)37-26(19-7-11-21(30)12-8-19)27(20-9-13-22(31)14-10-20)39-25(29(37)38)16-18-6-5-17(2)23(32)15-18/h5-15,24-27H,3-4,16H2,1-2H3,(H,33,34,35,36). The third-order valence-corrected chi connectivity index (χ3v) is 7.56. The lowest BCUT2D eigenvalue weighted by molar-refractivity contribution is -0.180. The molecule has 1 amide bonds. The van der Waals surface area contributed by atoms with E-state index >= 15 is 0 Å². The van der Waals surface area contributed by atoms with Crippen molar-refractivity contribution in [3.8, 4) is 0 Å². The number of nitrogens with zero attached hydrogens (tertiary/aromatic N) is 4. The number of rotatable bonds is 8. The SMILES string of the molecule is CCCC(c1nn[nH]n1)N1C(=O)C(Cc2ccc(C)c(F)c2)OC(c2ccc(Cl)cc2)C1c1ccc(Cl)cc1. The van der Waals surface area contributed by atoms with Crippen LogP contribution in [0.5, 0.6) is 0 Å². The zero-order chi connectivity index (χ0) is 27.5. The summed E-state index contributed by atoms with van der Waals surface area (Å²) in [5, 5.41) is 16.0. The van der Waals surface area contributed by atoms with Crippen LogP contribution in [0.4, 0.5) is 4.39 Å². The third kappa shape index (κ3) is 5.83. The molecule has 0 saturated carbocycles. The number of amides is 1. The van der Waals surface area contributed by atoms with Crippen molar-refractivity contribution in [3.05, 3.63) is 111 Å². The van der Waals surface area contributed by atoms with Gasteiger partial charge in [-0.3, -0.25) is 4.79 Å². The van der Waals surface area contributed by atoms with Crippen LogP contribution >= 0.6 is 23.2 Å². The topological polar surface area (TPSA) is 84.0 Å². The Morgan fingerprint density at radius 2 is 1.69 bits per heavy atom. The lowest BCUT2D eigenvalue weighted by Crippen LogP contribution is -2.53. The number of aromatic amines is 1. The molecule has 4 aromatic rings. The van der Waals surface area contributed by atoms with E-state index in [1.54, 1.807) is 37.3 Å². The van der Waals surface area contributed by atoms with Crippen LogP contribution in [0, 0.1) is 12.7 Å².